The van der Waals surface area contributed by atoms with Crippen LogP contribution < -0.4 is 9.04 Å². The SMILES string of the molecule is O=C(O)CC[C@H]1CN(S(=O)(=O)c2cccc(C(F)(F)F)c2)c2cc(-c3cccc(C(F)(F)F)n3)cc(F)c2O1. The van der Waals surface area contributed by atoms with Gasteiger partial charge in [0.05, 0.1) is 28.4 Å². The van der Waals surface area contributed by atoms with Crippen LogP contribution in [-0.4, -0.2) is 37.1 Å². The first-order chi connectivity index (χ1) is 18.1. The molecule has 0 amide bonds. The van der Waals surface area contributed by atoms with Crippen molar-refractivity contribution in [2.45, 2.75) is 36.2 Å². The smallest absolute Gasteiger partial charge is 0.433 e. The molecule has 1 aromatic heterocycles. The number of pyridine rings is 1. The number of aliphatic carboxylic acids is 1. The third-order valence-electron chi connectivity index (χ3n) is 5.71. The molecule has 1 aliphatic rings. The largest absolute Gasteiger partial charge is 0.483 e. The van der Waals surface area contributed by atoms with Crippen LogP contribution in [0.25, 0.3) is 11.3 Å². The minimum absolute atomic E-state index is 0.269. The van der Waals surface area contributed by atoms with E-state index in [1.807, 2.05) is 0 Å². The Morgan fingerprint density at radius 3 is 2.36 bits per heavy atom. The van der Waals surface area contributed by atoms with Gasteiger partial charge < -0.3 is 9.84 Å². The molecule has 0 bridgehead atoms. The number of sulfonamides is 1. The van der Waals surface area contributed by atoms with Crippen molar-refractivity contribution in [3.05, 3.63) is 71.7 Å². The number of benzene rings is 2. The number of carboxylic acid groups (broad SMARTS) is 1. The lowest BCUT2D eigenvalue weighted by Gasteiger charge is -2.36. The zero-order valence-corrected chi connectivity index (χ0v) is 20.2. The summed E-state index contributed by atoms with van der Waals surface area (Å²) >= 11 is 0. The fourth-order valence-corrected chi connectivity index (χ4v) is 5.43. The van der Waals surface area contributed by atoms with Crippen LogP contribution in [0.1, 0.15) is 24.1 Å². The molecule has 208 valence electrons. The van der Waals surface area contributed by atoms with Crippen LogP contribution >= 0.6 is 0 Å². The number of fused-ring (bicyclic) bond motifs is 1. The van der Waals surface area contributed by atoms with Crippen LogP contribution in [0.3, 0.4) is 0 Å². The van der Waals surface area contributed by atoms with Crippen LogP contribution in [0, 0.1) is 5.82 Å². The topological polar surface area (TPSA) is 96.8 Å². The van der Waals surface area contributed by atoms with Gasteiger partial charge in [-0.05, 0) is 48.9 Å². The molecule has 39 heavy (non-hydrogen) atoms. The third-order valence-corrected chi connectivity index (χ3v) is 7.49. The zero-order valence-electron chi connectivity index (χ0n) is 19.4. The van der Waals surface area contributed by atoms with Gasteiger partial charge in [0.25, 0.3) is 10.0 Å². The first-order valence-electron chi connectivity index (χ1n) is 11.0. The van der Waals surface area contributed by atoms with Gasteiger partial charge in [-0.3, -0.25) is 9.10 Å². The van der Waals surface area contributed by atoms with E-state index in [2.05, 4.69) is 4.98 Å². The normalized spacial score (nSPS) is 16.0. The molecule has 1 atom stereocenters. The summed E-state index contributed by atoms with van der Waals surface area (Å²) in [5, 5.41) is 8.99. The first kappa shape index (κ1) is 28.1. The van der Waals surface area contributed by atoms with E-state index in [9.17, 15) is 39.6 Å². The van der Waals surface area contributed by atoms with Gasteiger partial charge in [0.15, 0.2) is 11.6 Å². The van der Waals surface area contributed by atoms with Crippen LogP contribution in [0.4, 0.5) is 36.4 Å². The average Bonchev–Trinajstić information content (AvgIpc) is 2.86. The summed E-state index contributed by atoms with van der Waals surface area (Å²) in [7, 11) is -4.84. The molecule has 0 spiro atoms. The molecule has 3 aromatic rings. The van der Waals surface area contributed by atoms with Crippen LogP contribution in [0.5, 0.6) is 5.75 Å². The molecule has 7 nitrogen and oxygen atoms in total. The minimum Gasteiger partial charge on any atom is -0.483 e. The number of carbonyl (C=O) groups is 1. The highest BCUT2D eigenvalue weighted by molar-refractivity contribution is 7.92. The van der Waals surface area contributed by atoms with Crippen molar-refractivity contribution in [2.24, 2.45) is 0 Å². The summed E-state index contributed by atoms with van der Waals surface area (Å²) in [6, 6.07) is 7.35. The van der Waals surface area contributed by atoms with Crippen molar-refractivity contribution in [3.63, 3.8) is 0 Å². The van der Waals surface area contributed by atoms with Crippen molar-refractivity contribution in [3.8, 4) is 17.0 Å². The van der Waals surface area contributed by atoms with Gasteiger partial charge in [0, 0.05) is 12.0 Å². The van der Waals surface area contributed by atoms with Gasteiger partial charge in [-0.15, -0.1) is 0 Å². The lowest BCUT2D eigenvalue weighted by atomic mass is 10.1. The van der Waals surface area contributed by atoms with Crippen LogP contribution in [0.15, 0.2) is 59.5 Å². The van der Waals surface area contributed by atoms with E-state index >= 15 is 4.39 Å². The second-order valence-electron chi connectivity index (χ2n) is 8.45. The minimum atomic E-state index is -4.88. The predicted molar refractivity (Wildman–Crippen MR) is 122 cm³/mol. The van der Waals surface area contributed by atoms with Crippen molar-refractivity contribution in [1.82, 2.24) is 4.98 Å². The first-order valence-corrected chi connectivity index (χ1v) is 12.5. The Hall–Kier alpha value is -3.88. The molecule has 0 unspecified atom stereocenters. The maximum absolute atomic E-state index is 15.2. The monoisotopic (exact) mass is 578 g/mol. The summed E-state index contributed by atoms with van der Waals surface area (Å²) in [4.78, 5) is 13.7. The number of halogens is 7. The van der Waals surface area contributed by atoms with Gasteiger partial charge in [0.2, 0.25) is 0 Å². The molecular weight excluding hydrogens is 561 g/mol. The van der Waals surface area contributed by atoms with E-state index in [1.54, 1.807) is 0 Å². The second kappa shape index (κ2) is 10.0. The molecule has 15 heteroatoms. The van der Waals surface area contributed by atoms with Gasteiger partial charge >= 0.3 is 18.3 Å². The fourth-order valence-electron chi connectivity index (χ4n) is 3.89. The van der Waals surface area contributed by atoms with E-state index in [0.717, 1.165) is 36.4 Å². The fraction of sp³-hybridized carbons (Fsp3) is 0.250. The summed E-state index contributed by atoms with van der Waals surface area (Å²) < 4.78 is 128. The molecule has 0 saturated carbocycles. The van der Waals surface area contributed by atoms with Gasteiger partial charge in [0.1, 0.15) is 11.8 Å². The van der Waals surface area contributed by atoms with Crippen molar-refractivity contribution >= 4 is 21.7 Å². The highest BCUT2D eigenvalue weighted by Gasteiger charge is 2.39. The number of aromatic nitrogens is 1. The quantitative estimate of drug-likeness (QED) is 0.375. The summed E-state index contributed by atoms with van der Waals surface area (Å²) in [5.74, 6) is -3.13. The Labute approximate surface area is 216 Å². The van der Waals surface area contributed by atoms with E-state index in [4.69, 9.17) is 9.84 Å². The van der Waals surface area contributed by atoms with Gasteiger partial charge in [-0.1, -0.05) is 12.1 Å². The number of ether oxygens (including phenoxy) is 1. The van der Waals surface area contributed by atoms with E-state index in [0.29, 0.717) is 22.5 Å². The number of alkyl halides is 6. The number of hydrogen-bond donors (Lipinski definition) is 1. The lowest BCUT2D eigenvalue weighted by Crippen LogP contribution is -2.44. The molecule has 1 aliphatic heterocycles. The van der Waals surface area contributed by atoms with Crippen molar-refractivity contribution in [1.29, 1.82) is 0 Å². The average molecular weight is 578 g/mol. The number of carboxylic acids is 1. The molecule has 0 fully saturated rings. The number of rotatable bonds is 6. The standard InChI is InChI=1S/C24H17F7N2O5S/c25-17-9-13(18-5-2-6-20(32-18)24(29,30)31)10-19-22(17)38-15(7-8-21(34)35)12-33(19)39(36,37)16-4-1-3-14(11-16)23(26,27)28/h1-6,9-11,15H,7-8,12H2,(H,34,35)/t15-/m0/s1. The summed E-state index contributed by atoms with van der Waals surface area (Å²) in [5.41, 5.74) is -3.71. The zero-order chi connectivity index (χ0) is 28.8. The van der Waals surface area contributed by atoms with E-state index in [-0.39, 0.29) is 17.7 Å². The maximum atomic E-state index is 15.2. The van der Waals surface area contributed by atoms with E-state index in [1.165, 1.54) is 0 Å². The highest BCUT2D eigenvalue weighted by Crippen LogP contribution is 2.43. The second-order valence-corrected chi connectivity index (χ2v) is 10.3. The van der Waals surface area contributed by atoms with E-state index < -0.39 is 80.8 Å². The Balaban J connectivity index is 1.87. The van der Waals surface area contributed by atoms with Gasteiger partial charge in [-0.2, -0.15) is 26.3 Å². The Bertz CT molecular complexity index is 1520. The maximum Gasteiger partial charge on any atom is 0.433 e. The highest BCUT2D eigenvalue weighted by atomic mass is 32.2. The van der Waals surface area contributed by atoms with Crippen LogP contribution in [0.2, 0.25) is 0 Å². The Kier molecular flexibility index (Phi) is 7.23. The van der Waals surface area contributed by atoms with Crippen molar-refractivity contribution < 1.29 is 53.8 Å². The molecule has 4 rings (SSSR count). The molecule has 1 N–H and O–H groups in total. The molecule has 0 radical (unpaired) electrons. The third kappa shape index (κ3) is 5.92. The Morgan fingerprint density at radius 1 is 1.03 bits per heavy atom. The predicted octanol–water partition coefficient (Wildman–Crippen LogP) is 5.75. The summed E-state index contributed by atoms with van der Waals surface area (Å²) in [6.07, 6.45) is -11.7. The lowest BCUT2D eigenvalue weighted by molar-refractivity contribution is -0.141. The summed E-state index contributed by atoms with van der Waals surface area (Å²) in [6.45, 7) is -0.613. The molecule has 0 saturated heterocycles. The Morgan fingerprint density at radius 2 is 1.72 bits per heavy atom. The molecule has 2 aromatic carbocycles. The molecular formula is C24H17F7N2O5S. The number of nitrogens with zero attached hydrogens (tertiary/aromatic N) is 2. The number of hydrogen-bond acceptors (Lipinski definition) is 5. The van der Waals surface area contributed by atoms with Crippen LogP contribution in [-0.2, 0) is 27.2 Å². The number of anilines is 1. The molecule has 2 heterocycles. The van der Waals surface area contributed by atoms with Crippen molar-refractivity contribution in [2.75, 3.05) is 10.8 Å². The van der Waals surface area contributed by atoms with Gasteiger partial charge in [-0.25, -0.2) is 17.8 Å². The molecule has 0 aliphatic carbocycles.